The number of ether oxygens (including phenoxy) is 1. The van der Waals surface area contributed by atoms with Gasteiger partial charge < -0.3 is 4.74 Å². The minimum Gasteiger partial charge on any atom is -0.496 e. The number of hydrogen-bond donors (Lipinski definition) is 0. The van der Waals surface area contributed by atoms with E-state index in [1.165, 1.54) is 19.2 Å². The van der Waals surface area contributed by atoms with Gasteiger partial charge in [-0.2, -0.15) is 0 Å². The molecule has 0 amide bonds. The van der Waals surface area contributed by atoms with Gasteiger partial charge in [-0.05, 0) is 42.5 Å². The van der Waals surface area contributed by atoms with Crippen LogP contribution in [0.25, 0.3) is 0 Å². The Bertz CT molecular complexity index is 579. The molecule has 0 aliphatic rings. The molecule has 92 valence electrons. The molecule has 0 aliphatic carbocycles. The van der Waals surface area contributed by atoms with Crippen LogP contribution in [0.5, 0.6) is 5.75 Å². The first-order valence-electron chi connectivity index (χ1n) is 5.25. The molecule has 0 aromatic heterocycles. The Morgan fingerprint density at radius 1 is 1.17 bits per heavy atom. The van der Waals surface area contributed by atoms with Crippen LogP contribution in [0.3, 0.4) is 0 Å². The van der Waals surface area contributed by atoms with Crippen LogP contribution in [-0.2, 0) is 0 Å². The average molecular weight is 265 g/mol. The normalized spacial score (nSPS) is 10.2. The molecule has 18 heavy (non-hydrogen) atoms. The summed E-state index contributed by atoms with van der Waals surface area (Å²) in [4.78, 5) is 12.2. The van der Waals surface area contributed by atoms with E-state index < -0.39 is 5.82 Å². The molecule has 2 aromatic rings. The van der Waals surface area contributed by atoms with E-state index in [4.69, 9.17) is 16.3 Å². The molecule has 0 fully saturated rings. The number of carbonyl (C=O) groups excluding carboxylic acids is 1. The molecule has 0 radical (unpaired) electrons. The number of benzene rings is 2. The van der Waals surface area contributed by atoms with E-state index in [2.05, 4.69) is 0 Å². The molecule has 0 aliphatic heterocycles. The molecule has 2 nitrogen and oxygen atoms in total. The van der Waals surface area contributed by atoms with Gasteiger partial charge >= 0.3 is 0 Å². The van der Waals surface area contributed by atoms with Crippen LogP contribution >= 0.6 is 11.6 Å². The monoisotopic (exact) mass is 264 g/mol. The molecular formula is C14H10ClFO2. The molecular weight excluding hydrogens is 255 g/mol. The summed E-state index contributed by atoms with van der Waals surface area (Å²) < 4.78 is 18.2. The Hall–Kier alpha value is -1.87. The Morgan fingerprint density at radius 3 is 2.44 bits per heavy atom. The highest BCUT2D eigenvalue weighted by molar-refractivity contribution is 6.30. The summed E-state index contributed by atoms with van der Waals surface area (Å²) >= 11 is 5.75. The highest BCUT2D eigenvalue weighted by Crippen LogP contribution is 2.23. The molecule has 0 unspecified atom stereocenters. The molecule has 2 aromatic carbocycles. The number of methoxy groups -OCH3 is 1. The third-order valence-corrected chi connectivity index (χ3v) is 2.76. The lowest BCUT2D eigenvalue weighted by Crippen LogP contribution is -2.04. The summed E-state index contributed by atoms with van der Waals surface area (Å²) in [5, 5.41) is 0.540. The van der Waals surface area contributed by atoms with Crippen LogP contribution in [0.15, 0.2) is 42.5 Å². The minimum atomic E-state index is -0.479. The Morgan fingerprint density at radius 2 is 1.83 bits per heavy atom. The van der Waals surface area contributed by atoms with E-state index in [9.17, 15) is 9.18 Å². The Labute approximate surface area is 109 Å². The summed E-state index contributed by atoms with van der Waals surface area (Å²) in [5.41, 5.74) is 0.628. The van der Waals surface area contributed by atoms with Crippen molar-refractivity contribution >= 4 is 17.4 Å². The van der Waals surface area contributed by atoms with E-state index in [1.54, 1.807) is 24.3 Å². The van der Waals surface area contributed by atoms with Gasteiger partial charge in [0.15, 0.2) is 5.78 Å². The number of carbonyl (C=O) groups is 1. The van der Waals surface area contributed by atoms with Crippen LogP contribution in [-0.4, -0.2) is 12.9 Å². The van der Waals surface area contributed by atoms with E-state index >= 15 is 0 Å². The van der Waals surface area contributed by atoms with Gasteiger partial charge in [0.25, 0.3) is 0 Å². The second-order valence-electron chi connectivity index (χ2n) is 3.68. The zero-order valence-electron chi connectivity index (χ0n) is 9.61. The standard InChI is InChI=1S/C14H10ClFO2/c1-18-13-7-6-11(16)8-12(13)14(17)9-2-4-10(15)5-3-9/h2-8H,1H3. The average Bonchev–Trinajstić information content (AvgIpc) is 2.39. The molecule has 0 bridgehead atoms. The molecule has 0 N–H and O–H groups in total. The van der Waals surface area contributed by atoms with Crippen molar-refractivity contribution in [2.75, 3.05) is 7.11 Å². The van der Waals surface area contributed by atoms with Gasteiger partial charge in [0, 0.05) is 10.6 Å². The van der Waals surface area contributed by atoms with Crippen LogP contribution in [0.2, 0.25) is 5.02 Å². The number of hydrogen-bond acceptors (Lipinski definition) is 2. The number of ketones is 1. The lowest BCUT2D eigenvalue weighted by molar-refractivity contribution is 0.103. The Balaban J connectivity index is 2.45. The summed E-state index contributed by atoms with van der Waals surface area (Å²) in [6.07, 6.45) is 0. The van der Waals surface area contributed by atoms with Gasteiger partial charge in [0.1, 0.15) is 11.6 Å². The molecule has 2 rings (SSSR count). The third-order valence-electron chi connectivity index (χ3n) is 2.51. The van der Waals surface area contributed by atoms with Crippen molar-refractivity contribution in [1.29, 1.82) is 0 Å². The summed E-state index contributed by atoms with van der Waals surface area (Å²) in [6.45, 7) is 0. The molecule has 0 heterocycles. The SMILES string of the molecule is COc1ccc(F)cc1C(=O)c1ccc(Cl)cc1. The molecule has 0 spiro atoms. The van der Waals surface area contributed by atoms with Crippen LogP contribution in [0, 0.1) is 5.82 Å². The van der Waals surface area contributed by atoms with Crippen molar-refractivity contribution < 1.29 is 13.9 Å². The molecule has 0 saturated heterocycles. The fraction of sp³-hybridized carbons (Fsp3) is 0.0714. The van der Waals surface area contributed by atoms with Crippen molar-refractivity contribution in [2.45, 2.75) is 0 Å². The van der Waals surface area contributed by atoms with E-state index in [0.29, 0.717) is 16.3 Å². The predicted octanol–water partition coefficient (Wildman–Crippen LogP) is 3.72. The topological polar surface area (TPSA) is 26.3 Å². The van der Waals surface area contributed by atoms with Crippen molar-refractivity contribution in [3.8, 4) is 5.75 Å². The van der Waals surface area contributed by atoms with Crippen molar-refractivity contribution in [3.63, 3.8) is 0 Å². The Kier molecular flexibility index (Phi) is 3.63. The lowest BCUT2D eigenvalue weighted by atomic mass is 10.0. The highest BCUT2D eigenvalue weighted by Gasteiger charge is 2.15. The fourth-order valence-corrected chi connectivity index (χ4v) is 1.74. The number of rotatable bonds is 3. The van der Waals surface area contributed by atoms with Crippen molar-refractivity contribution in [3.05, 3.63) is 64.4 Å². The third kappa shape index (κ3) is 2.51. The van der Waals surface area contributed by atoms with Gasteiger partial charge in [0.05, 0.1) is 12.7 Å². The van der Waals surface area contributed by atoms with E-state index in [0.717, 1.165) is 6.07 Å². The zero-order valence-corrected chi connectivity index (χ0v) is 10.4. The summed E-state index contributed by atoms with van der Waals surface area (Å²) in [6, 6.07) is 10.2. The molecule has 4 heteroatoms. The lowest BCUT2D eigenvalue weighted by Gasteiger charge is -2.07. The first-order valence-corrected chi connectivity index (χ1v) is 5.63. The van der Waals surface area contributed by atoms with Crippen molar-refractivity contribution in [1.82, 2.24) is 0 Å². The van der Waals surface area contributed by atoms with Gasteiger partial charge in [-0.15, -0.1) is 0 Å². The quantitative estimate of drug-likeness (QED) is 0.790. The van der Waals surface area contributed by atoms with Gasteiger partial charge in [-0.3, -0.25) is 4.79 Å². The smallest absolute Gasteiger partial charge is 0.196 e. The molecule has 0 atom stereocenters. The predicted molar refractivity (Wildman–Crippen MR) is 67.8 cm³/mol. The number of halogens is 2. The summed E-state index contributed by atoms with van der Waals surface area (Å²) in [5.74, 6) is -0.438. The fourth-order valence-electron chi connectivity index (χ4n) is 1.61. The van der Waals surface area contributed by atoms with Crippen LogP contribution in [0.1, 0.15) is 15.9 Å². The van der Waals surface area contributed by atoms with Gasteiger partial charge in [0.2, 0.25) is 0 Å². The first-order chi connectivity index (χ1) is 8.61. The van der Waals surface area contributed by atoms with Gasteiger partial charge in [-0.1, -0.05) is 11.6 Å². The zero-order chi connectivity index (χ0) is 13.1. The van der Waals surface area contributed by atoms with E-state index in [-0.39, 0.29) is 11.3 Å². The highest BCUT2D eigenvalue weighted by atomic mass is 35.5. The maximum atomic E-state index is 13.2. The first kappa shape index (κ1) is 12.6. The second-order valence-corrected chi connectivity index (χ2v) is 4.12. The van der Waals surface area contributed by atoms with Crippen LogP contribution < -0.4 is 4.74 Å². The molecule has 0 saturated carbocycles. The van der Waals surface area contributed by atoms with Crippen molar-refractivity contribution in [2.24, 2.45) is 0 Å². The maximum Gasteiger partial charge on any atom is 0.196 e. The van der Waals surface area contributed by atoms with Crippen LogP contribution in [0.4, 0.5) is 4.39 Å². The van der Waals surface area contributed by atoms with E-state index in [1.807, 2.05) is 0 Å². The largest absolute Gasteiger partial charge is 0.496 e. The second kappa shape index (κ2) is 5.19. The minimum absolute atomic E-state index is 0.194. The van der Waals surface area contributed by atoms with Gasteiger partial charge in [-0.25, -0.2) is 4.39 Å². The maximum absolute atomic E-state index is 13.2. The summed E-state index contributed by atoms with van der Waals surface area (Å²) in [7, 11) is 1.44.